The summed E-state index contributed by atoms with van der Waals surface area (Å²) in [5.74, 6) is -0.0263. The first kappa shape index (κ1) is 33.8. The summed E-state index contributed by atoms with van der Waals surface area (Å²) in [4.78, 5) is 32.8. The molecule has 0 bridgehead atoms. The third-order valence-electron chi connectivity index (χ3n) is 10.2. The third-order valence-corrected chi connectivity index (χ3v) is 14.7. The average molecular weight is 642 g/mol. The third kappa shape index (κ3) is 7.04. The van der Waals surface area contributed by atoms with Gasteiger partial charge in [-0.2, -0.15) is 0 Å². The van der Waals surface area contributed by atoms with E-state index in [1.165, 1.54) is 0 Å². The van der Waals surface area contributed by atoms with Crippen LogP contribution in [0.15, 0.2) is 97.1 Å². The zero-order valence-electron chi connectivity index (χ0n) is 28.1. The van der Waals surface area contributed by atoms with E-state index in [1.807, 2.05) is 64.4 Å². The lowest BCUT2D eigenvalue weighted by Gasteiger charge is -2.46. The molecule has 3 atom stereocenters. The molecule has 0 saturated carbocycles. The van der Waals surface area contributed by atoms with E-state index in [1.54, 1.807) is 24.1 Å². The number of hydrogen-bond acceptors (Lipinski definition) is 4. The standard InChI is InChI=1S/C38H48FN3O3Si/c1-37(2,3)46(5,6)45-28-38(32-20-14-9-15-21-32)24-31(29-16-10-7-11-17-29)25-42(38)36(44)40(4)34-22-23-41(26-33(34)39)27-35(43)30-18-12-8-13-19-30/h7-21,24,33-34H,22-23,25-28H2,1-6H3/t33?,34?,38-/m1/s1. The lowest BCUT2D eigenvalue weighted by Crippen LogP contribution is -2.59. The fourth-order valence-corrected chi connectivity index (χ4v) is 7.26. The van der Waals surface area contributed by atoms with Gasteiger partial charge in [0, 0.05) is 32.2 Å². The number of alkyl halides is 1. The Bertz CT molecular complexity index is 1530. The first-order valence-corrected chi connectivity index (χ1v) is 19.2. The van der Waals surface area contributed by atoms with Crippen molar-refractivity contribution in [2.75, 3.05) is 39.8 Å². The van der Waals surface area contributed by atoms with Crippen LogP contribution in [0.1, 0.15) is 48.7 Å². The van der Waals surface area contributed by atoms with Crippen molar-refractivity contribution in [3.8, 4) is 0 Å². The molecule has 6 nitrogen and oxygen atoms in total. The first-order chi connectivity index (χ1) is 21.8. The number of carbonyl (C=O) groups is 2. The number of urea groups is 1. The molecule has 46 heavy (non-hydrogen) atoms. The number of likely N-dealkylation sites (tertiary alicyclic amines) is 1. The maximum atomic E-state index is 15.9. The van der Waals surface area contributed by atoms with E-state index in [2.05, 4.69) is 64.2 Å². The lowest BCUT2D eigenvalue weighted by atomic mass is 9.89. The molecular weight excluding hydrogens is 594 g/mol. The maximum absolute atomic E-state index is 15.9. The van der Waals surface area contributed by atoms with Crippen molar-refractivity contribution in [1.29, 1.82) is 0 Å². The fourth-order valence-electron chi connectivity index (χ4n) is 6.25. The number of hydrogen-bond donors (Lipinski definition) is 0. The molecule has 0 radical (unpaired) electrons. The molecule has 0 aliphatic carbocycles. The summed E-state index contributed by atoms with van der Waals surface area (Å²) >= 11 is 0. The van der Waals surface area contributed by atoms with Crippen molar-refractivity contribution < 1.29 is 18.4 Å². The van der Waals surface area contributed by atoms with E-state index in [-0.39, 0.29) is 29.9 Å². The van der Waals surface area contributed by atoms with Crippen LogP contribution in [0.2, 0.25) is 18.1 Å². The van der Waals surface area contributed by atoms with Gasteiger partial charge < -0.3 is 14.2 Å². The number of rotatable bonds is 9. The Hall–Kier alpha value is -3.59. The normalized spacial score (nSPS) is 22.4. The van der Waals surface area contributed by atoms with Crippen LogP contribution < -0.4 is 0 Å². The molecular formula is C38H48FN3O3Si. The molecule has 2 aliphatic rings. The maximum Gasteiger partial charge on any atom is 0.321 e. The van der Waals surface area contributed by atoms with Crippen molar-refractivity contribution in [3.63, 3.8) is 0 Å². The van der Waals surface area contributed by atoms with Crippen LogP contribution in [0, 0.1) is 0 Å². The predicted octanol–water partition coefficient (Wildman–Crippen LogP) is 7.65. The van der Waals surface area contributed by atoms with Crippen molar-refractivity contribution >= 4 is 25.7 Å². The number of benzene rings is 3. The largest absolute Gasteiger partial charge is 0.414 e. The van der Waals surface area contributed by atoms with E-state index in [0.717, 1.165) is 16.7 Å². The molecule has 2 unspecified atom stereocenters. The van der Waals surface area contributed by atoms with Crippen LogP contribution in [0.4, 0.5) is 9.18 Å². The second-order valence-electron chi connectivity index (χ2n) is 14.3. The van der Waals surface area contributed by atoms with Crippen molar-refractivity contribution in [3.05, 3.63) is 114 Å². The molecule has 8 heteroatoms. The molecule has 1 saturated heterocycles. The van der Waals surface area contributed by atoms with E-state index < -0.39 is 26.1 Å². The number of halogens is 1. The Balaban J connectivity index is 1.42. The quantitative estimate of drug-likeness (QED) is 0.178. The summed E-state index contributed by atoms with van der Waals surface area (Å²) in [6.07, 6.45) is 1.35. The van der Waals surface area contributed by atoms with Crippen molar-refractivity contribution in [2.24, 2.45) is 0 Å². The van der Waals surface area contributed by atoms with Gasteiger partial charge >= 0.3 is 6.03 Å². The van der Waals surface area contributed by atoms with Crippen LogP contribution in [0.25, 0.3) is 5.57 Å². The van der Waals surface area contributed by atoms with E-state index in [9.17, 15) is 9.59 Å². The Morgan fingerprint density at radius 3 is 2.13 bits per heavy atom. The van der Waals surface area contributed by atoms with Gasteiger partial charge in [-0.1, -0.05) is 112 Å². The van der Waals surface area contributed by atoms with Gasteiger partial charge in [-0.3, -0.25) is 9.69 Å². The number of piperidine rings is 1. The highest BCUT2D eigenvalue weighted by atomic mass is 28.4. The Kier molecular flexibility index (Phi) is 10.0. The molecule has 2 heterocycles. The predicted molar refractivity (Wildman–Crippen MR) is 186 cm³/mol. The highest BCUT2D eigenvalue weighted by Gasteiger charge is 2.49. The minimum absolute atomic E-state index is 0.0155. The molecule has 2 amide bonds. The molecule has 0 aromatic heterocycles. The molecule has 2 aliphatic heterocycles. The zero-order valence-corrected chi connectivity index (χ0v) is 29.1. The second kappa shape index (κ2) is 13.6. The zero-order chi connectivity index (χ0) is 33.1. The summed E-state index contributed by atoms with van der Waals surface area (Å²) < 4.78 is 22.8. The highest BCUT2D eigenvalue weighted by Crippen LogP contribution is 2.44. The van der Waals surface area contributed by atoms with Gasteiger partial charge in [0.05, 0.1) is 19.2 Å². The highest BCUT2D eigenvalue weighted by molar-refractivity contribution is 6.74. The molecule has 244 valence electrons. The number of Topliss-reactive ketones (excluding diaryl/α,β-unsaturated/α-hetero) is 1. The summed E-state index contributed by atoms with van der Waals surface area (Å²) in [6.45, 7) is 12.6. The van der Waals surface area contributed by atoms with Gasteiger partial charge in [0.15, 0.2) is 14.1 Å². The van der Waals surface area contributed by atoms with E-state index in [4.69, 9.17) is 4.43 Å². The summed E-state index contributed by atoms with van der Waals surface area (Å²) in [7, 11) is -0.491. The van der Waals surface area contributed by atoms with Gasteiger partial charge in [-0.15, -0.1) is 0 Å². The van der Waals surface area contributed by atoms with Crippen LogP contribution in [0.5, 0.6) is 0 Å². The van der Waals surface area contributed by atoms with Crippen molar-refractivity contribution in [2.45, 2.75) is 63.1 Å². The molecule has 5 rings (SSSR count). The van der Waals surface area contributed by atoms with E-state index in [0.29, 0.717) is 31.7 Å². The topological polar surface area (TPSA) is 53.1 Å². The minimum atomic E-state index is -2.21. The molecule has 0 spiro atoms. The number of carbonyl (C=O) groups excluding carboxylic acids is 2. The lowest BCUT2D eigenvalue weighted by molar-refractivity contribution is 0.0360. The second-order valence-corrected chi connectivity index (χ2v) is 19.1. The summed E-state index contributed by atoms with van der Waals surface area (Å²) in [6, 6.07) is 28.5. The first-order valence-electron chi connectivity index (χ1n) is 16.3. The summed E-state index contributed by atoms with van der Waals surface area (Å²) in [5.41, 5.74) is 2.80. The van der Waals surface area contributed by atoms with Gasteiger partial charge in [-0.25, -0.2) is 9.18 Å². The Morgan fingerprint density at radius 2 is 1.54 bits per heavy atom. The van der Waals surface area contributed by atoms with Gasteiger partial charge in [0.1, 0.15) is 11.7 Å². The monoisotopic (exact) mass is 641 g/mol. The van der Waals surface area contributed by atoms with Gasteiger partial charge in [0.25, 0.3) is 0 Å². The smallest absolute Gasteiger partial charge is 0.321 e. The molecule has 1 fully saturated rings. The van der Waals surface area contributed by atoms with Crippen LogP contribution >= 0.6 is 0 Å². The minimum Gasteiger partial charge on any atom is -0.414 e. The molecule has 0 N–H and O–H groups in total. The van der Waals surface area contributed by atoms with Crippen LogP contribution in [-0.2, 0) is 9.96 Å². The fraction of sp³-hybridized carbons (Fsp3) is 0.421. The van der Waals surface area contributed by atoms with Crippen LogP contribution in [0.3, 0.4) is 0 Å². The van der Waals surface area contributed by atoms with Gasteiger partial charge in [-0.05, 0) is 47.3 Å². The Labute approximate surface area is 275 Å². The molecule has 3 aromatic carbocycles. The molecule has 3 aromatic rings. The number of ketones is 1. The van der Waals surface area contributed by atoms with Gasteiger partial charge in [0.2, 0.25) is 0 Å². The van der Waals surface area contributed by atoms with Crippen LogP contribution in [-0.4, -0.2) is 86.9 Å². The number of amides is 2. The number of nitrogens with zero attached hydrogens (tertiary/aromatic N) is 3. The summed E-state index contributed by atoms with van der Waals surface area (Å²) in [5, 5.41) is -0.0155. The SMILES string of the molecule is CN(C(=O)N1CC(c2ccccc2)=C[C@@]1(CO[Si](C)(C)C(C)(C)C)c1ccccc1)C1CCN(CC(=O)c2ccccc2)CC1F. The Morgan fingerprint density at radius 1 is 0.957 bits per heavy atom. The van der Waals surface area contributed by atoms with Crippen molar-refractivity contribution in [1.82, 2.24) is 14.7 Å². The van der Waals surface area contributed by atoms with E-state index >= 15 is 4.39 Å². The average Bonchev–Trinajstić information content (AvgIpc) is 3.45.